The van der Waals surface area contributed by atoms with E-state index >= 15 is 0 Å². The quantitative estimate of drug-likeness (QED) is 0.181. The summed E-state index contributed by atoms with van der Waals surface area (Å²) in [6.07, 6.45) is 0. The Morgan fingerprint density at radius 1 is 0.397 bits per heavy atom. The standard InChI is InChI=1S/C52H35N5O/c1-52(2)41-26-23-34(31-50(41)58-51-53-42-17-7-12-22-49(42)57(51)52)56-47-27-24-32(54-43-18-8-3-13-35(43)36-14-4-9-19-44(36)54)29-39(47)40-30-33(25-28-48(40)56)55-45-20-10-5-15-37(45)38-16-6-11-21-46(38)55/h3-31H,1-2H3. The summed E-state index contributed by atoms with van der Waals surface area (Å²) in [5.41, 5.74) is 13.1. The van der Waals surface area contributed by atoms with Crippen molar-refractivity contribution in [3.05, 3.63) is 181 Å². The molecule has 0 radical (unpaired) electrons. The van der Waals surface area contributed by atoms with Gasteiger partial charge in [-0.15, -0.1) is 0 Å². The van der Waals surface area contributed by atoms with Crippen LogP contribution in [0.5, 0.6) is 11.8 Å². The Labute approximate surface area is 333 Å². The molecule has 0 bridgehead atoms. The maximum Gasteiger partial charge on any atom is 0.303 e. The lowest BCUT2D eigenvalue weighted by Crippen LogP contribution is -2.31. The minimum Gasteiger partial charge on any atom is -0.425 e. The van der Waals surface area contributed by atoms with E-state index in [9.17, 15) is 0 Å². The number of rotatable bonds is 3. The van der Waals surface area contributed by atoms with Crippen molar-refractivity contribution in [1.29, 1.82) is 0 Å². The van der Waals surface area contributed by atoms with Gasteiger partial charge in [-0.3, -0.25) is 4.57 Å². The topological polar surface area (TPSA) is 41.8 Å². The fourth-order valence-corrected chi connectivity index (χ4v) is 10.0. The minimum absolute atomic E-state index is 0.368. The van der Waals surface area contributed by atoms with E-state index in [2.05, 4.69) is 202 Å². The van der Waals surface area contributed by atoms with Crippen LogP contribution in [0.3, 0.4) is 0 Å². The summed E-state index contributed by atoms with van der Waals surface area (Å²) in [5, 5.41) is 7.36. The Morgan fingerprint density at radius 3 is 1.29 bits per heavy atom. The highest BCUT2D eigenvalue weighted by Crippen LogP contribution is 2.47. The maximum absolute atomic E-state index is 6.69. The van der Waals surface area contributed by atoms with Crippen molar-refractivity contribution in [3.8, 4) is 28.8 Å². The lowest BCUT2D eigenvalue weighted by molar-refractivity contribution is 0.306. The van der Waals surface area contributed by atoms with Gasteiger partial charge in [-0.2, -0.15) is 4.98 Å². The van der Waals surface area contributed by atoms with Crippen LogP contribution in [-0.2, 0) is 5.54 Å². The van der Waals surface area contributed by atoms with Gasteiger partial charge in [-0.25, -0.2) is 0 Å². The van der Waals surface area contributed by atoms with Crippen LogP contribution in [0.1, 0.15) is 19.4 Å². The molecule has 0 aliphatic carbocycles. The van der Waals surface area contributed by atoms with Crippen molar-refractivity contribution in [2.24, 2.45) is 0 Å². The molecule has 6 nitrogen and oxygen atoms in total. The first-order valence-corrected chi connectivity index (χ1v) is 19.9. The summed E-state index contributed by atoms with van der Waals surface area (Å²) in [6.45, 7) is 4.50. The molecule has 0 saturated heterocycles. The molecule has 4 aromatic heterocycles. The molecule has 0 unspecified atom stereocenters. The molecule has 12 aromatic rings. The zero-order valence-corrected chi connectivity index (χ0v) is 31.9. The Hall–Kier alpha value is -7.57. The molecular weight excluding hydrogens is 711 g/mol. The largest absolute Gasteiger partial charge is 0.425 e. The summed E-state index contributed by atoms with van der Waals surface area (Å²) in [4.78, 5) is 4.92. The predicted octanol–water partition coefficient (Wildman–Crippen LogP) is 13.2. The zero-order chi connectivity index (χ0) is 38.3. The molecule has 1 aliphatic heterocycles. The SMILES string of the molecule is CC1(C)c2ccc(-n3c4ccc(-n5c6ccccc6c6ccccc65)cc4c4cc(-n5c6ccccc6c6ccccc65)ccc43)cc2Oc2nc3ccccc3n21. The second kappa shape index (κ2) is 11.3. The summed E-state index contributed by atoms with van der Waals surface area (Å²) in [5.74, 6) is 0.823. The van der Waals surface area contributed by atoms with Gasteiger partial charge in [0.15, 0.2) is 0 Å². The fourth-order valence-electron chi connectivity index (χ4n) is 10.0. The Kier molecular flexibility index (Phi) is 6.14. The number of hydrogen-bond acceptors (Lipinski definition) is 2. The molecule has 6 heteroatoms. The highest BCUT2D eigenvalue weighted by Gasteiger charge is 2.36. The van der Waals surface area contributed by atoms with Crippen LogP contribution in [-0.4, -0.2) is 23.3 Å². The molecule has 0 spiro atoms. The van der Waals surface area contributed by atoms with Crippen LogP contribution >= 0.6 is 0 Å². The minimum atomic E-state index is -0.368. The first-order chi connectivity index (χ1) is 28.5. The van der Waals surface area contributed by atoms with Crippen molar-refractivity contribution >= 4 is 76.5 Å². The zero-order valence-electron chi connectivity index (χ0n) is 31.9. The Balaban J connectivity index is 1.08. The van der Waals surface area contributed by atoms with E-state index in [1.165, 1.54) is 54.4 Å². The van der Waals surface area contributed by atoms with E-state index in [4.69, 9.17) is 9.72 Å². The first-order valence-electron chi connectivity index (χ1n) is 19.9. The Bertz CT molecular complexity index is 3430. The van der Waals surface area contributed by atoms with Crippen LogP contribution in [0, 0.1) is 0 Å². The number of aromatic nitrogens is 5. The summed E-state index contributed by atoms with van der Waals surface area (Å²) >= 11 is 0. The van der Waals surface area contributed by atoms with Crippen molar-refractivity contribution < 1.29 is 4.74 Å². The molecule has 1 aliphatic rings. The van der Waals surface area contributed by atoms with Crippen molar-refractivity contribution in [2.75, 3.05) is 0 Å². The molecule has 0 saturated carbocycles. The highest BCUT2D eigenvalue weighted by molar-refractivity contribution is 6.14. The Morgan fingerprint density at radius 2 is 0.793 bits per heavy atom. The smallest absolute Gasteiger partial charge is 0.303 e. The fraction of sp³-hybridized carbons (Fsp3) is 0.0577. The monoisotopic (exact) mass is 745 g/mol. The third-order valence-corrected chi connectivity index (χ3v) is 12.6. The van der Waals surface area contributed by atoms with Gasteiger partial charge in [0.25, 0.3) is 0 Å². The van der Waals surface area contributed by atoms with Crippen molar-refractivity contribution in [1.82, 2.24) is 23.3 Å². The lowest BCUT2D eigenvalue weighted by atomic mass is 9.91. The second-order valence-corrected chi connectivity index (χ2v) is 16.0. The van der Waals surface area contributed by atoms with Gasteiger partial charge >= 0.3 is 6.01 Å². The maximum atomic E-state index is 6.69. The normalized spacial score (nSPS) is 13.6. The molecule has 0 N–H and O–H groups in total. The predicted molar refractivity (Wildman–Crippen MR) is 238 cm³/mol. The number of para-hydroxylation sites is 6. The van der Waals surface area contributed by atoms with Gasteiger partial charge in [-0.05, 0) is 92.7 Å². The second-order valence-electron chi connectivity index (χ2n) is 16.0. The van der Waals surface area contributed by atoms with E-state index in [-0.39, 0.29) is 5.54 Å². The molecule has 0 amide bonds. The van der Waals surface area contributed by atoms with E-state index in [0.717, 1.165) is 50.4 Å². The third-order valence-electron chi connectivity index (χ3n) is 12.6. The highest BCUT2D eigenvalue weighted by atomic mass is 16.5. The number of nitrogens with zero attached hydrogens (tertiary/aromatic N) is 5. The van der Waals surface area contributed by atoms with Gasteiger partial charge in [0, 0.05) is 61.0 Å². The van der Waals surface area contributed by atoms with E-state index < -0.39 is 0 Å². The van der Waals surface area contributed by atoms with Crippen LogP contribution in [0.4, 0.5) is 0 Å². The number of imidazole rings is 1. The number of fused-ring (bicyclic) bond motifs is 13. The molecule has 274 valence electrons. The molecule has 5 heterocycles. The number of ether oxygens (including phenoxy) is 1. The average molecular weight is 746 g/mol. The number of benzene rings is 8. The number of hydrogen-bond donors (Lipinski definition) is 0. The molecule has 13 rings (SSSR count). The summed E-state index contributed by atoms with van der Waals surface area (Å²) < 4.78 is 16.1. The van der Waals surface area contributed by atoms with Crippen molar-refractivity contribution in [3.63, 3.8) is 0 Å². The molecule has 0 fully saturated rings. The molecule has 58 heavy (non-hydrogen) atoms. The summed E-state index contributed by atoms with van der Waals surface area (Å²) in [7, 11) is 0. The van der Waals surface area contributed by atoms with Crippen LogP contribution in [0.2, 0.25) is 0 Å². The van der Waals surface area contributed by atoms with E-state index in [0.29, 0.717) is 6.01 Å². The summed E-state index contributed by atoms with van der Waals surface area (Å²) in [6, 6.07) is 64.3. The molecule has 8 aromatic carbocycles. The lowest BCUT2D eigenvalue weighted by Gasteiger charge is -2.35. The molecule has 0 atom stereocenters. The third kappa shape index (κ3) is 4.13. The van der Waals surface area contributed by atoms with Crippen LogP contribution in [0.15, 0.2) is 176 Å². The van der Waals surface area contributed by atoms with Gasteiger partial charge in [0.05, 0.1) is 49.7 Å². The van der Waals surface area contributed by atoms with Crippen molar-refractivity contribution in [2.45, 2.75) is 19.4 Å². The molecular formula is C52H35N5O. The van der Waals surface area contributed by atoms with Gasteiger partial charge in [0.2, 0.25) is 0 Å². The van der Waals surface area contributed by atoms with E-state index in [1.807, 2.05) is 6.07 Å². The first kappa shape index (κ1) is 31.6. The van der Waals surface area contributed by atoms with E-state index in [1.54, 1.807) is 0 Å². The van der Waals surface area contributed by atoms with Gasteiger partial charge < -0.3 is 18.4 Å². The van der Waals surface area contributed by atoms with Crippen LogP contribution < -0.4 is 4.74 Å². The van der Waals surface area contributed by atoms with Crippen LogP contribution in [0.25, 0.3) is 93.5 Å². The van der Waals surface area contributed by atoms with Gasteiger partial charge in [0.1, 0.15) is 5.75 Å². The van der Waals surface area contributed by atoms with Gasteiger partial charge in [-0.1, -0.05) is 91.0 Å². The average Bonchev–Trinajstić information content (AvgIpc) is 4.00.